The van der Waals surface area contributed by atoms with E-state index in [0.717, 1.165) is 13.1 Å². The minimum absolute atomic E-state index is 0.413. The third-order valence-electron chi connectivity index (χ3n) is 3.07. The predicted molar refractivity (Wildman–Crippen MR) is 91.4 cm³/mol. The summed E-state index contributed by atoms with van der Waals surface area (Å²) in [5.41, 5.74) is 0.490. The largest absolute Gasteiger partial charge is 0.495 e. The number of aromatic nitrogens is 2. The molecule has 0 radical (unpaired) electrons. The number of benzene rings is 1. The Morgan fingerprint density at radius 3 is 2.83 bits per heavy atom. The van der Waals surface area contributed by atoms with Crippen LogP contribution in [0.3, 0.4) is 0 Å². The number of carbonyl (C=O) groups excluding carboxylic acids is 1. The van der Waals surface area contributed by atoms with Crippen LogP contribution in [0.1, 0.15) is 0 Å². The molecule has 1 aromatic heterocycles. The van der Waals surface area contributed by atoms with Crippen molar-refractivity contribution in [3.05, 3.63) is 35.5 Å². The van der Waals surface area contributed by atoms with E-state index in [1.54, 1.807) is 28.9 Å². The molecule has 0 unspecified atom stereocenters. The Morgan fingerprint density at radius 1 is 1.35 bits per heavy atom. The average molecular weight is 338 g/mol. The summed E-state index contributed by atoms with van der Waals surface area (Å²) < 4.78 is 6.96. The Balaban J connectivity index is 1.96. The van der Waals surface area contributed by atoms with Gasteiger partial charge in [-0.3, -0.25) is 10.00 Å². The lowest BCUT2D eigenvalue weighted by atomic mass is 10.3. The Labute approximate surface area is 140 Å². The molecule has 0 fully saturated rings. The highest BCUT2D eigenvalue weighted by Gasteiger charge is 2.09. The zero-order valence-electron chi connectivity index (χ0n) is 13.3. The SMILES string of the molecule is COc1ccc(Cl)cc1NC(=O)Nc1ccn(CCN(C)C)n1. The van der Waals surface area contributed by atoms with Gasteiger partial charge in [0.2, 0.25) is 0 Å². The predicted octanol–water partition coefficient (Wildman–Crippen LogP) is 2.75. The minimum atomic E-state index is -0.413. The Hall–Kier alpha value is -2.25. The van der Waals surface area contributed by atoms with Crippen LogP contribution < -0.4 is 15.4 Å². The number of rotatable bonds is 6. The van der Waals surface area contributed by atoms with Crippen LogP contribution in [0.5, 0.6) is 5.75 Å². The molecule has 2 rings (SSSR count). The molecule has 0 atom stereocenters. The standard InChI is InChI=1S/C15H20ClN5O2/c1-20(2)8-9-21-7-6-14(19-21)18-15(22)17-12-10-11(16)4-5-13(12)23-3/h4-7,10H,8-9H2,1-3H3,(H2,17,18,19,22). The number of likely N-dealkylation sites (N-methyl/N-ethyl adjacent to an activating group) is 1. The van der Waals surface area contributed by atoms with Gasteiger partial charge in [-0.05, 0) is 32.3 Å². The molecule has 0 saturated heterocycles. The maximum Gasteiger partial charge on any atom is 0.325 e. The molecular weight excluding hydrogens is 318 g/mol. The average Bonchev–Trinajstić information content (AvgIpc) is 2.92. The van der Waals surface area contributed by atoms with Gasteiger partial charge in [0, 0.05) is 23.8 Å². The maximum absolute atomic E-state index is 12.1. The van der Waals surface area contributed by atoms with E-state index >= 15 is 0 Å². The topological polar surface area (TPSA) is 71.4 Å². The first kappa shape index (κ1) is 17.1. The summed E-state index contributed by atoms with van der Waals surface area (Å²) in [6, 6.07) is 6.33. The summed E-state index contributed by atoms with van der Waals surface area (Å²) in [7, 11) is 5.52. The second-order valence-corrected chi connectivity index (χ2v) is 5.63. The Morgan fingerprint density at radius 2 is 2.13 bits per heavy atom. The van der Waals surface area contributed by atoms with E-state index in [-0.39, 0.29) is 0 Å². The monoisotopic (exact) mass is 337 g/mol. The Bertz CT molecular complexity index is 672. The number of methoxy groups -OCH3 is 1. The summed E-state index contributed by atoms with van der Waals surface area (Å²) in [6.45, 7) is 1.62. The number of urea groups is 1. The third-order valence-corrected chi connectivity index (χ3v) is 3.30. The molecule has 2 amide bonds. The van der Waals surface area contributed by atoms with Gasteiger partial charge in [-0.15, -0.1) is 0 Å². The van der Waals surface area contributed by atoms with Crippen LogP contribution in [0.4, 0.5) is 16.3 Å². The molecule has 1 heterocycles. The van der Waals surface area contributed by atoms with E-state index < -0.39 is 6.03 Å². The molecule has 0 bridgehead atoms. The molecule has 7 nitrogen and oxygen atoms in total. The number of hydrogen-bond donors (Lipinski definition) is 2. The van der Waals surface area contributed by atoms with Crippen LogP contribution in [0.25, 0.3) is 0 Å². The van der Waals surface area contributed by atoms with E-state index in [0.29, 0.717) is 22.3 Å². The van der Waals surface area contributed by atoms with Gasteiger partial charge in [-0.2, -0.15) is 5.10 Å². The van der Waals surface area contributed by atoms with E-state index in [1.165, 1.54) is 7.11 Å². The number of hydrogen-bond acceptors (Lipinski definition) is 4. The summed E-state index contributed by atoms with van der Waals surface area (Å²) in [5.74, 6) is 1.00. The van der Waals surface area contributed by atoms with E-state index in [2.05, 4.69) is 20.6 Å². The zero-order valence-corrected chi connectivity index (χ0v) is 14.1. The second kappa shape index (κ2) is 7.85. The number of ether oxygens (including phenoxy) is 1. The smallest absolute Gasteiger partial charge is 0.325 e. The number of nitrogens with one attached hydrogen (secondary N) is 2. The zero-order chi connectivity index (χ0) is 16.8. The fraction of sp³-hybridized carbons (Fsp3) is 0.333. The molecule has 0 aliphatic carbocycles. The van der Waals surface area contributed by atoms with Crippen LogP contribution in [-0.4, -0.2) is 48.5 Å². The molecule has 1 aromatic carbocycles. The molecule has 0 spiro atoms. The minimum Gasteiger partial charge on any atom is -0.495 e. The molecule has 0 saturated carbocycles. The van der Waals surface area contributed by atoms with Crippen molar-refractivity contribution in [1.82, 2.24) is 14.7 Å². The molecule has 2 N–H and O–H groups in total. The molecule has 0 aliphatic rings. The van der Waals surface area contributed by atoms with Crippen molar-refractivity contribution in [1.29, 1.82) is 0 Å². The van der Waals surface area contributed by atoms with Crippen LogP contribution in [0.15, 0.2) is 30.5 Å². The van der Waals surface area contributed by atoms with Crippen molar-refractivity contribution in [2.45, 2.75) is 6.54 Å². The van der Waals surface area contributed by atoms with Gasteiger partial charge < -0.3 is 15.0 Å². The first-order valence-electron chi connectivity index (χ1n) is 7.07. The summed E-state index contributed by atoms with van der Waals surface area (Å²) in [6.07, 6.45) is 1.82. The normalized spacial score (nSPS) is 10.7. The van der Waals surface area contributed by atoms with Crippen molar-refractivity contribution >= 4 is 29.1 Å². The van der Waals surface area contributed by atoms with Crippen LogP contribution >= 0.6 is 11.6 Å². The highest BCUT2D eigenvalue weighted by atomic mass is 35.5. The van der Waals surface area contributed by atoms with Gasteiger partial charge in [0.05, 0.1) is 19.3 Å². The fourth-order valence-corrected chi connectivity index (χ4v) is 2.08. The highest BCUT2D eigenvalue weighted by Crippen LogP contribution is 2.27. The van der Waals surface area contributed by atoms with E-state index in [1.807, 2.05) is 20.3 Å². The van der Waals surface area contributed by atoms with Crippen LogP contribution in [-0.2, 0) is 6.54 Å². The van der Waals surface area contributed by atoms with Gasteiger partial charge in [0.1, 0.15) is 5.75 Å². The lowest BCUT2D eigenvalue weighted by Crippen LogP contribution is -2.21. The van der Waals surface area contributed by atoms with Crippen molar-refractivity contribution < 1.29 is 9.53 Å². The van der Waals surface area contributed by atoms with Gasteiger partial charge >= 0.3 is 6.03 Å². The number of anilines is 2. The molecule has 8 heteroatoms. The van der Waals surface area contributed by atoms with Gasteiger partial charge in [0.15, 0.2) is 5.82 Å². The number of amides is 2. The van der Waals surface area contributed by atoms with Crippen LogP contribution in [0, 0.1) is 0 Å². The number of nitrogens with zero attached hydrogens (tertiary/aromatic N) is 3. The molecule has 2 aromatic rings. The second-order valence-electron chi connectivity index (χ2n) is 5.19. The lowest BCUT2D eigenvalue weighted by Gasteiger charge is -2.11. The number of halogens is 1. The fourth-order valence-electron chi connectivity index (χ4n) is 1.90. The molecule has 23 heavy (non-hydrogen) atoms. The van der Waals surface area contributed by atoms with Crippen molar-refractivity contribution in [2.24, 2.45) is 0 Å². The summed E-state index contributed by atoms with van der Waals surface area (Å²) in [4.78, 5) is 14.1. The summed E-state index contributed by atoms with van der Waals surface area (Å²) >= 11 is 5.93. The molecular formula is C15H20ClN5O2. The van der Waals surface area contributed by atoms with Gasteiger partial charge in [-0.25, -0.2) is 4.79 Å². The highest BCUT2D eigenvalue weighted by molar-refractivity contribution is 6.31. The Kier molecular flexibility index (Phi) is 5.84. The van der Waals surface area contributed by atoms with Gasteiger partial charge in [0.25, 0.3) is 0 Å². The first-order chi connectivity index (χ1) is 11.0. The molecule has 124 valence electrons. The third kappa shape index (κ3) is 5.15. The maximum atomic E-state index is 12.1. The molecule has 0 aliphatic heterocycles. The van der Waals surface area contributed by atoms with Crippen molar-refractivity contribution in [2.75, 3.05) is 38.4 Å². The quantitative estimate of drug-likeness (QED) is 0.850. The van der Waals surface area contributed by atoms with E-state index in [4.69, 9.17) is 16.3 Å². The lowest BCUT2D eigenvalue weighted by molar-refractivity contribution is 0.262. The van der Waals surface area contributed by atoms with Crippen molar-refractivity contribution in [3.63, 3.8) is 0 Å². The van der Waals surface area contributed by atoms with E-state index in [9.17, 15) is 4.79 Å². The summed E-state index contributed by atoms with van der Waals surface area (Å²) in [5, 5.41) is 10.2. The van der Waals surface area contributed by atoms with Gasteiger partial charge in [-0.1, -0.05) is 11.6 Å². The first-order valence-corrected chi connectivity index (χ1v) is 7.45. The van der Waals surface area contributed by atoms with Crippen LogP contribution in [0.2, 0.25) is 5.02 Å². The van der Waals surface area contributed by atoms with Crippen molar-refractivity contribution in [3.8, 4) is 5.75 Å². The number of carbonyl (C=O) groups is 1.